The molecule has 5 nitrogen and oxygen atoms in total. The Kier molecular flexibility index (Phi) is 5.60. The van der Waals surface area contributed by atoms with E-state index in [0.29, 0.717) is 23.5 Å². The normalized spacial score (nSPS) is 10.7. The molecule has 130 valence electrons. The van der Waals surface area contributed by atoms with E-state index >= 15 is 0 Å². The molecule has 0 saturated carbocycles. The summed E-state index contributed by atoms with van der Waals surface area (Å²) in [7, 11) is 0. The van der Waals surface area contributed by atoms with Gasteiger partial charge in [0.2, 0.25) is 0 Å². The summed E-state index contributed by atoms with van der Waals surface area (Å²) >= 11 is 0. The Labute approximate surface area is 146 Å². The molecule has 0 atom stereocenters. The maximum atomic E-state index is 13.3. The summed E-state index contributed by atoms with van der Waals surface area (Å²) in [4.78, 5) is 11.6. The second-order valence-corrected chi connectivity index (χ2v) is 6.48. The molecule has 0 radical (unpaired) electrons. The molecule has 0 unspecified atom stereocenters. The Morgan fingerprint density at radius 3 is 2.48 bits per heavy atom. The van der Waals surface area contributed by atoms with Crippen LogP contribution in [0.5, 0.6) is 0 Å². The molecule has 0 aromatic heterocycles. The van der Waals surface area contributed by atoms with Gasteiger partial charge in [0.15, 0.2) is 0 Å². The third kappa shape index (κ3) is 5.81. The van der Waals surface area contributed by atoms with Gasteiger partial charge in [-0.05, 0) is 56.7 Å². The van der Waals surface area contributed by atoms with Crippen LogP contribution in [-0.2, 0) is 11.3 Å². The molecule has 2 rings (SSSR count). The van der Waals surface area contributed by atoms with E-state index in [2.05, 4.69) is 10.6 Å². The van der Waals surface area contributed by atoms with Gasteiger partial charge in [0, 0.05) is 12.2 Å². The number of ether oxygens (including phenoxy) is 1. The van der Waals surface area contributed by atoms with Crippen molar-refractivity contribution in [2.75, 3.05) is 5.32 Å². The Morgan fingerprint density at radius 2 is 1.88 bits per heavy atom. The molecule has 0 spiro atoms. The van der Waals surface area contributed by atoms with Gasteiger partial charge in [-0.25, -0.2) is 9.18 Å². The second-order valence-electron chi connectivity index (χ2n) is 6.48. The van der Waals surface area contributed by atoms with Crippen LogP contribution >= 0.6 is 0 Å². The highest BCUT2D eigenvalue weighted by atomic mass is 19.1. The minimum absolute atomic E-state index is 0.332. The van der Waals surface area contributed by atoms with Gasteiger partial charge in [-0.1, -0.05) is 12.1 Å². The molecule has 6 heteroatoms. The van der Waals surface area contributed by atoms with Crippen molar-refractivity contribution in [2.45, 2.75) is 32.9 Å². The van der Waals surface area contributed by atoms with Gasteiger partial charge in [-0.2, -0.15) is 5.26 Å². The first-order valence-electron chi connectivity index (χ1n) is 7.79. The van der Waals surface area contributed by atoms with E-state index in [0.717, 1.165) is 5.56 Å². The fraction of sp³-hybridized carbons (Fsp3) is 0.263. The van der Waals surface area contributed by atoms with Gasteiger partial charge >= 0.3 is 6.09 Å². The van der Waals surface area contributed by atoms with E-state index in [4.69, 9.17) is 10.00 Å². The summed E-state index contributed by atoms with van der Waals surface area (Å²) in [5, 5.41) is 14.8. The Hall–Kier alpha value is -3.07. The van der Waals surface area contributed by atoms with Gasteiger partial charge in [0.25, 0.3) is 0 Å². The van der Waals surface area contributed by atoms with E-state index in [9.17, 15) is 9.18 Å². The number of amides is 1. The molecular formula is C19H20FN3O2. The van der Waals surface area contributed by atoms with Crippen LogP contribution in [-0.4, -0.2) is 11.7 Å². The maximum absolute atomic E-state index is 13.3. The summed E-state index contributed by atoms with van der Waals surface area (Å²) in [6, 6.07) is 13.2. The van der Waals surface area contributed by atoms with E-state index < -0.39 is 17.5 Å². The van der Waals surface area contributed by atoms with Crippen LogP contribution in [0.25, 0.3) is 0 Å². The smallest absolute Gasteiger partial charge is 0.407 e. The Balaban J connectivity index is 1.98. The quantitative estimate of drug-likeness (QED) is 0.861. The third-order valence-corrected chi connectivity index (χ3v) is 3.17. The van der Waals surface area contributed by atoms with Crippen molar-refractivity contribution in [1.29, 1.82) is 5.26 Å². The highest BCUT2D eigenvalue weighted by molar-refractivity contribution is 5.68. The number of nitrogens with one attached hydrogen (secondary N) is 2. The van der Waals surface area contributed by atoms with E-state index in [-0.39, 0.29) is 0 Å². The van der Waals surface area contributed by atoms with Crippen molar-refractivity contribution in [3.63, 3.8) is 0 Å². The molecule has 2 aromatic rings. The number of hydrogen-bond acceptors (Lipinski definition) is 4. The lowest BCUT2D eigenvalue weighted by Gasteiger charge is -2.19. The number of nitrogens with zero attached hydrogens (tertiary/aromatic N) is 1. The van der Waals surface area contributed by atoms with E-state index in [1.165, 1.54) is 18.2 Å². The highest BCUT2D eigenvalue weighted by Crippen LogP contribution is 2.22. The zero-order valence-electron chi connectivity index (χ0n) is 14.4. The van der Waals surface area contributed by atoms with E-state index in [1.54, 1.807) is 32.9 Å². The number of nitriles is 1. The molecule has 0 aliphatic carbocycles. The van der Waals surface area contributed by atoms with Crippen LogP contribution in [0.2, 0.25) is 0 Å². The van der Waals surface area contributed by atoms with Crippen molar-refractivity contribution in [1.82, 2.24) is 5.32 Å². The predicted molar refractivity (Wildman–Crippen MR) is 93.9 cm³/mol. The first kappa shape index (κ1) is 18.3. The highest BCUT2D eigenvalue weighted by Gasteiger charge is 2.15. The molecule has 25 heavy (non-hydrogen) atoms. The summed E-state index contributed by atoms with van der Waals surface area (Å²) in [5.41, 5.74) is 1.82. The minimum atomic E-state index is -0.540. The summed E-state index contributed by atoms with van der Waals surface area (Å²) in [6.45, 7) is 5.73. The molecule has 0 bridgehead atoms. The Morgan fingerprint density at radius 1 is 1.20 bits per heavy atom. The monoisotopic (exact) mass is 341 g/mol. The molecule has 0 aliphatic heterocycles. The van der Waals surface area contributed by atoms with Crippen molar-refractivity contribution in [3.8, 4) is 6.07 Å². The van der Waals surface area contributed by atoms with Gasteiger partial charge in [-0.3, -0.25) is 0 Å². The van der Waals surface area contributed by atoms with Crippen molar-refractivity contribution < 1.29 is 13.9 Å². The number of rotatable bonds is 4. The maximum Gasteiger partial charge on any atom is 0.407 e. The average Bonchev–Trinajstić information content (AvgIpc) is 2.53. The summed E-state index contributed by atoms with van der Waals surface area (Å²) in [5.74, 6) is -0.417. The number of benzene rings is 2. The van der Waals surface area contributed by atoms with E-state index in [1.807, 2.05) is 18.2 Å². The third-order valence-electron chi connectivity index (χ3n) is 3.17. The standard InChI is InChI=1S/C19H20FN3O2/c1-19(2,3)25-18(24)22-12-13-4-8-16(9-5-13)23-17-10-15(20)7-6-14(17)11-21/h4-10,23H,12H2,1-3H3,(H,22,24). The average molecular weight is 341 g/mol. The van der Waals surface area contributed by atoms with Crippen LogP contribution in [0.15, 0.2) is 42.5 Å². The number of carbonyl (C=O) groups excluding carboxylic acids is 1. The summed E-state index contributed by atoms with van der Waals surface area (Å²) < 4.78 is 18.5. The van der Waals surface area contributed by atoms with Crippen molar-refractivity contribution in [2.24, 2.45) is 0 Å². The largest absolute Gasteiger partial charge is 0.444 e. The van der Waals surface area contributed by atoms with Crippen LogP contribution in [0, 0.1) is 17.1 Å². The molecular weight excluding hydrogens is 321 g/mol. The fourth-order valence-electron chi connectivity index (χ4n) is 2.07. The van der Waals surface area contributed by atoms with Crippen LogP contribution in [0.4, 0.5) is 20.6 Å². The first-order chi connectivity index (χ1) is 11.8. The van der Waals surface area contributed by atoms with Crippen LogP contribution in [0.3, 0.4) is 0 Å². The first-order valence-corrected chi connectivity index (χ1v) is 7.79. The lowest BCUT2D eigenvalue weighted by molar-refractivity contribution is 0.0523. The van der Waals surface area contributed by atoms with Gasteiger partial charge in [0.1, 0.15) is 17.5 Å². The zero-order chi connectivity index (χ0) is 18.4. The number of halogens is 1. The molecule has 0 aliphatic rings. The van der Waals surface area contributed by atoms with Crippen molar-refractivity contribution in [3.05, 3.63) is 59.4 Å². The van der Waals surface area contributed by atoms with Crippen LogP contribution < -0.4 is 10.6 Å². The van der Waals surface area contributed by atoms with Crippen molar-refractivity contribution >= 4 is 17.5 Å². The predicted octanol–water partition coefficient (Wildman–Crippen LogP) is 4.47. The molecule has 0 fully saturated rings. The molecule has 2 aromatic carbocycles. The SMILES string of the molecule is CC(C)(C)OC(=O)NCc1ccc(Nc2cc(F)ccc2C#N)cc1. The zero-order valence-corrected chi connectivity index (χ0v) is 14.4. The fourth-order valence-corrected chi connectivity index (χ4v) is 2.07. The molecule has 2 N–H and O–H groups in total. The topological polar surface area (TPSA) is 74.2 Å². The van der Waals surface area contributed by atoms with Gasteiger partial charge in [0.05, 0.1) is 11.3 Å². The summed E-state index contributed by atoms with van der Waals surface area (Å²) in [6.07, 6.45) is -0.479. The van der Waals surface area contributed by atoms with Gasteiger partial charge < -0.3 is 15.4 Å². The number of hydrogen-bond donors (Lipinski definition) is 2. The Bertz CT molecular complexity index is 790. The second kappa shape index (κ2) is 7.67. The number of anilines is 2. The number of carbonyl (C=O) groups is 1. The van der Waals surface area contributed by atoms with Crippen LogP contribution in [0.1, 0.15) is 31.9 Å². The molecule has 1 amide bonds. The lowest BCUT2D eigenvalue weighted by Crippen LogP contribution is -2.32. The number of alkyl carbamates (subject to hydrolysis) is 1. The van der Waals surface area contributed by atoms with Gasteiger partial charge in [-0.15, -0.1) is 0 Å². The minimum Gasteiger partial charge on any atom is -0.444 e. The molecule has 0 saturated heterocycles. The molecule has 0 heterocycles. The lowest BCUT2D eigenvalue weighted by atomic mass is 10.1.